The van der Waals surface area contributed by atoms with Gasteiger partial charge in [-0.15, -0.1) is 0 Å². The molecule has 0 bridgehead atoms. The molecule has 2 aromatic carbocycles. The molecule has 1 spiro atoms. The summed E-state index contributed by atoms with van der Waals surface area (Å²) in [5.41, 5.74) is 0.848. The molecule has 0 radical (unpaired) electrons. The van der Waals surface area contributed by atoms with Crippen molar-refractivity contribution in [3.05, 3.63) is 75.5 Å². The molecule has 1 saturated heterocycles. The highest BCUT2D eigenvalue weighted by Crippen LogP contribution is 2.49. The van der Waals surface area contributed by atoms with Crippen molar-refractivity contribution < 1.29 is 18.3 Å². The topological polar surface area (TPSA) is 75.3 Å². The van der Waals surface area contributed by atoms with Crippen LogP contribution in [0.15, 0.2) is 47.3 Å². The first-order valence-electron chi connectivity index (χ1n) is 10.7. The zero-order valence-electron chi connectivity index (χ0n) is 17.4. The number of hydrogen-bond donors (Lipinski definition) is 1. The van der Waals surface area contributed by atoms with Gasteiger partial charge < -0.3 is 9.64 Å². The lowest BCUT2D eigenvalue weighted by Crippen LogP contribution is -2.69. The second kappa shape index (κ2) is 8.09. The van der Waals surface area contributed by atoms with Crippen LogP contribution in [0.4, 0.5) is 8.78 Å². The highest BCUT2D eigenvalue weighted by molar-refractivity contribution is 5.96. The zero-order chi connectivity index (χ0) is 22.3. The van der Waals surface area contributed by atoms with E-state index >= 15 is 0 Å². The molecule has 1 N–H and O–H groups in total. The average Bonchev–Trinajstić information content (AvgIpc) is 2.75. The van der Waals surface area contributed by atoms with Gasteiger partial charge in [0.05, 0.1) is 29.4 Å². The summed E-state index contributed by atoms with van der Waals surface area (Å²) < 4.78 is 32.4. The van der Waals surface area contributed by atoms with Crippen LogP contribution < -0.4 is 5.56 Å². The van der Waals surface area contributed by atoms with Crippen molar-refractivity contribution in [1.29, 1.82) is 0 Å². The molecule has 5 rings (SSSR count). The molecular weight excluding hydrogens is 416 g/mol. The first-order valence-corrected chi connectivity index (χ1v) is 10.7. The summed E-state index contributed by atoms with van der Waals surface area (Å²) in [6.07, 6.45) is 2.48. The van der Waals surface area contributed by atoms with Crippen LogP contribution in [0.5, 0.6) is 0 Å². The van der Waals surface area contributed by atoms with Gasteiger partial charge in [-0.05, 0) is 43.0 Å². The fourth-order valence-electron chi connectivity index (χ4n) is 4.89. The predicted molar refractivity (Wildman–Crippen MR) is 115 cm³/mol. The number of likely N-dealkylation sites (tertiary alicyclic amines) is 1. The Hall–Kier alpha value is -3.13. The Bertz CT molecular complexity index is 1240. The summed E-state index contributed by atoms with van der Waals surface area (Å²) in [4.78, 5) is 26.9. The number of amides is 1. The minimum absolute atomic E-state index is 0.0310. The second-order valence-electron chi connectivity index (χ2n) is 8.56. The number of hydrogen-bond acceptors (Lipinski definition) is 4. The van der Waals surface area contributed by atoms with Crippen LogP contribution in [0.3, 0.4) is 0 Å². The van der Waals surface area contributed by atoms with E-state index in [2.05, 4.69) is 10.2 Å². The Morgan fingerprint density at radius 1 is 1.22 bits per heavy atom. The molecule has 3 aromatic rings. The number of halogens is 2. The fourth-order valence-corrected chi connectivity index (χ4v) is 4.89. The maximum Gasteiger partial charge on any atom is 0.272 e. The molecule has 166 valence electrons. The smallest absolute Gasteiger partial charge is 0.272 e. The van der Waals surface area contributed by atoms with Crippen LogP contribution in [0, 0.1) is 5.82 Å². The van der Waals surface area contributed by atoms with E-state index in [1.807, 2.05) is 12.1 Å². The van der Waals surface area contributed by atoms with Crippen LogP contribution in [-0.4, -0.2) is 52.5 Å². The van der Waals surface area contributed by atoms with Gasteiger partial charge in [-0.1, -0.05) is 24.3 Å². The van der Waals surface area contributed by atoms with Gasteiger partial charge >= 0.3 is 0 Å². The van der Waals surface area contributed by atoms with Crippen LogP contribution >= 0.6 is 0 Å². The van der Waals surface area contributed by atoms with Crippen molar-refractivity contribution in [3.63, 3.8) is 0 Å². The molecule has 1 aliphatic heterocycles. The number of alkyl halides is 1. The van der Waals surface area contributed by atoms with E-state index in [4.69, 9.17) is 4.74 Å². The summed E-state index contributed by atoms with van der Waals surface area (Å²) in [7, 11) is 0. The molecule has 1 amide bonds. The summed E-state index contributed by atoms with van der Waals surface area (Å²) in [5.74, 6) is -0.900. The molecule has 1 aliphatic carbocycles. The highest BCUT2D eigenvalue weighted by Gasteiger charge is 2.56. The van der Waals surface area contributed by atoms with Crippen LogP contribution in [0.2, 0.25) is 0 Å². The maximum absolute atomic E-state index is 14.6. The van der Waals surface area contributed by atoms with Crippen molar-refractivity contribution in [1.82, 2.24) is 15.1 Å². The third kappa shape index (κ3) is 3.48. The van der Waals surface area contributed by atoms with Gasteiger partial charge in [0.15, 0.2) is 0 Å². The van der Waals surface area contributed by atoms with Gasteiger partial charge in [-0.3, -0.25) is 9.59 Å². The van der Waals surface area contributed by atoms with Crippen molar-refractivity contribution in [2.45, 2.75) is 37.3 Å². The first kappa shape index (κ1) is 20.8. The number of fused-ring (bicyclic) bond motifs is 1. The molecule has 32 heavy (non-hydrogen) atoms. The summed E-state index contributed by atoms with van der Waals surface area (Å²) >= 11 is 0. The van der Waals surface area contributed by atoms with Crippen LogP contribution in [-0.2, 0) is 11.2 Å². The van der Waals surface area contributed by atoms with E-state index in [0.717, 1.165) is 17.4 Å². The molecule has 6 nitrogen and oxygen atoms in total. The quantitative estimate of drug-likeness (QED) is 0.639. The van der Waals surface area contributed by atoms with Gasteiger partial charge in [-0.25, -0.2) is 13.9 Å². The third-order valence-electron chi connectivity index (χ3n) is 6.67. The number of carbonyl (C=O) groups excluding carboxylic acids is 1. The van der Waals surface area contributed by atoms with Gasteiger partial charge in [0, 0.05) is 23.9 Å². The lowest BCUT2D eigenvalue weighted by Gasteiger charge is -2.61. The standard InChI is InChI=1S/C24H23F2N3O3/c25-8-10-32-16-13-24(14-16)7-9-29(24)23(31)19-11-15(5-6-20(19)26)12-21-17-3-1-2-4-18(17)22(30)28-27-21/h1-6,11,16H,7-10,12-14H2,(H,28,30). The Morgan fingerprint density at radius 2 is 2.00 bits per heavy atom. The lowest BCUT2D eigenvalue weighted by atomic mass is 9.65. The van der Waals surface area contributed by atoms with Crippen molar-refractivity contribution in [2.24, 2.45) is 0 Å². The number of rotatable bonds is 6. The summed E-state index contributed by atoms with van der Waals surface area (Å²) in [6, 6.07) is 11.7. The molecule has 1 saturated carbocycles. The van der Waals surface area contributed by atoms with E-state index in [1.54, 1.807) is 29.2 Å². The minimum atomic E-state index is -0.565. The van der Waals surface area contributed by atoms with E-state index in [9.17, 15) is 18.4 Å². The van der Waals surface area contributed by atoms with E-state index in [-0.39, 0.29) is 35.3 Å². The summed E-state index contributed by atoms with van der Waals surface area (Å²) in [6.45, 7) is 0.118. The first-order chi connectivity index (χ1) is 15.5. The fraction of sp³-hybridized carbons (Fsp3) is 0.375. The number of nitrogens with one attached hydrogen (secondary N) is 1. The SMILES string of the molecule is O=C(c1cc(Cc2n[nH]c(=O)c3ccccc23)ccc1F)N1CCC12CC(OCCF)C2. The van der Waals surface area contributed by atoms with Gasteiger partial charge in [0.1, 0.15) is 12.5 Å². The molecule has 1 aromatic heterocycles. The Kier molecular flexibility index (Phi) is 5.25. The number of aromatic nitrogens is 2. The minimum Gasteiger partial charge on any atom is -0.375 e. The van der Waals surface area contributed by atoms with Gasteiger partial charge in [0.2, 0.25) is 0 Å². The zero-order valence-corrected chi connectivity index (χ0v) is 17.4. The highest BCUT2D eigenvalue weighted by atomic mass is 19.1. The predicted octanol–water partition coefficient (Wildman–Crippen LogP) is 3.39. The number of H-pyrrole nitrogens is 1. The molecule has 8 heteroatoms. The number of benzene rings is 2. The number of nitrogens with zero attached hydrogens (tertiary/aromatic N) is 2. The largest absolute Gasteiger partial charge is 0.375 e. The Labute approximate surface area is 183 Å². The number of aromatic amines is 1. The molecule has 2 heterocycles. The molecule has 0 unspecified atom stereocenters. The summed E-state index contributed by atoms with van der Waals surface area (Å²) in [5, 5.41) is 7.94. The Balaban J connectivity index is 1.37. The number of ether oxygens (including phenoxy) is 1. The molecular formula is C24H23F2N3O3. The number of carbonyl (C=O) groups is 1. The third-order valence-corrected chi connectivity index (χ3v) is 6.67. The van der Waals surface area contributed by atoms with E-state index in [0.29, 0.717) is 36.9 Å². The van der Waals surface area contributed by atoms with Crippen molar-refractivity contribution in [2.75, 3.05) is 19.8 Å². The maximum atomic E-state index is 14.6. The Morgan fingerprint density at radius 3 is 2.72 bits per heavy atom. The van der Waals surface area contributed by atoms with Gasteiger partial charge in [-0.2, -0.15) is 5.10 Å². The van der Waals surface area contributed by atoms with Crippen LogP contribution in [0.25, 0.3) is 10.8 Å². The van der Waals surface area contributed by atoms with E-state index < -0.39 is 12.5 Å². The molecule has 2 fully saturated rings. The molecule has 0 atom stereocenters. The second-order valence-corrected chi connectivity index (χ2v) is 8.56. The van der Waals surface area contributed by atoms with Gasteiger partial charge in [0.25, 0.3) is 11.5 Å². The van der Waals surface area contributed by atoms with Crippen molar-refractivity contribution in [3.8, 4) is 0 Å². The van der Waals surface area contributed by atoms with Crippen LogP contribution in [0.1, 0.15) is 40.9 Å². The normalized spacial score (nSPS) is 22.1. The average molecular weight is 439 g/mol. The molecule has 2 aliphatic rings. The lowest BCUT2D eigenvalue weighted by molar-refractivity contribution is -0.138. The monoisotopic (exact) mass is 439 g/mol. The van der Waals surface area contributed by atoms with E-state index in [1.165, 1.54) is 6.07 Å². The van der Waals surface area contributed by atoms with Crippen molar-refractivity contribution >= 4 is 16.7 Å².